The first-order valence-corrected chi connectivity index (χ1v) is 9.72. The van der Waals surface area contributed by atoms with Gasteiger partial charge in [-0.3, -0.25) is 0 Å². The molecule has 3 rings (SSSR count). The summed E-state index contributed by atoms with van der Waals surface area (Å²) >= 11 is 1.77. The van der Waals surface area contributed by atoms with Crippen molar-refractivity contribution in [2.75, 3.05) is 19.0 Å². The lowest BCUT2D eigenvalue weighted by Crippen LogP contribution is -2.37. The van der Waals surface area contributed by atoms with Crippen LogP contribution in [-0.2, 0) is 4.74 Å². The maximum Gasteiger partial charge on any atom is 0.337 e. The van der Waals surface area contributed by atoms with Crippen LogP contribution in [0.3, 0.4) is 0 Å². The second-order valence-electron chi connectivity index (χ2n) is 6.51. The second-order valence-corrected chi connectivity index (χ2v) is 7.83. The molecule has 2 amide bonds. The number of aryl methyl sites for hydroxylation is 1. The van der Waals surface area contributed by atoms with Crippen molar-refractivity contribution >= 4 is 29.0 Å². The van der Waals surface area contributed by atoms with Crippen molar-refractivity contribution in [3.05, 3.63) is 51.7 Å². The van der Waals surface area contributed by atoms with Crippen LogP contribution in [0, 0.1) is 6.92 Å². The predicted octanol–water partition coefficient (Wildman–Crippen LogP) is 4.99. The zero-order valence-corrected chi connectivity index (χ0v) is 16.0. The summed E-state index contributed by atoms with van der Waals surface area (Å²) in [5, 5.41) is 2.97. The standard InChI is InChI=1S/C20H24N2O3S/c1-14-7-12-18(26-14)17-6-4-3-5-13-22(17)20(24)21-16-10-8-15(9-11-16)19(23)25-2/h7-12,17H,3-6,13H2,1-2H3,(H,21,24)/t17-/m1/s1. The molecular formula is C20H24N2O3S. The van der Waals surface area contributed by atoms with E-state index in [4.69, 9.17) is 4.74 Å². The third-order valence-corrected chi connectivity index (χ3v) is 5.76. The molecule has 0 radical (unpaired) electrons. The van der Waals surface area contributed by atoms with Gasteiger partial charge in [-0.05, 0) is 56.2 Å². The van der Waals surface area contributed by atoms with E-state index in [0.717, 1.165) is 32.2 Å². The molecular weight excluding hydrogens is 348 g/mol. The van der Waals surface area contributed by atoms with Gasteiger partial charge in [-0.1, -0.05) is 12.8 Å². The summed E-state index contributed by atoms with van der Waals surface area (Å²) in [4.78, 5) is 28.9. The number of methoxy groups -OCH3 is 1. The molecule has 0 unspecified atom stereocenters. The molecule has 0 saturated carbocycles. The van der Waals surface area contributed by atoms with Crippen molar-refractivity contribution in [1.82, 2.24) is 4.90 Å². The second kappa shape index (κ2) is 8.36. The monoisotopic (exact) mass is 372 g/mol. The van der Waals surface area contributed by atoms with Gasteiger partial charge in [0.1, 0.15) is 0 Å². The SMILES string of the molecule is COC(=O)c1ccc(NC(=O)N2CCCCC[C@@H]2c2ccc(C)s2)cc1. The zero-order chi connectivity index (χ0) is 18.5. The highest BCUT2D eigenvalue weighted by Gasteiger charge is 2.27. The maximum absolute atomic E-state index is 12.9. The Kier molecular flexibility index (Phi) is 5.93. The van der Waals surface area contributed by atoms with E-state index in [0.29, 0.717) is 11.3 Å². The quantitative estimate of drug-likeness (QED) is 0.772. The summed E-state index contributed by atoms with van der Waals surface area (Å²) in [5.41, 5.74) is 1.14. The summed E-state index contributed by atoms with van der Waals surface area (Å²) < 4.78 is 4.70. The number of anilines is 1. The van der Waals surface area contributed by atoms with Crippen LogP contribution in [0.25, 0.3) is 0 Å². The normalized spacial score (nSPS) is 17.5. The first-order valence-electron chi connectivity index (χ1n) is 8.91. The lowest BCUT2D eigenvalue weighted by molar-refractivity contribution is 0.0600. The van der Waals surface area contributed by atoms with Crippen molar-refractivity contribution in [1.29, 1.82) is 0 Å². The van der Waals surface area contributed by atoms with Gasteiger partial charge in [-0.25, -0.2) is 9.59 Å². The number of esters is 1. The Morgan fingerprint density at radius 3 is 2.54 bits per heavy atom. The van der Waals surface area contributed by atoms with Crippen molar-refractivity contribution in [2.24, 2.45) is 0 Å². The number of nitrogens with zero attached hydrogens (tertiary/aromatic N) is 1. The number of rotatable bonds is 3. The van der Waals surface area contributed by atoms with Gasteiger partial charge in [0.15, 0.2) is 0 Å². The molecule has 2 aromatic rings. The van der Waals surface area contributed by atoms with E-state index in [1.165, 1.54) is 16.9 Å². The minimum Gasteiger partial charge on any atom is -0.465 e. The molecule has 1 aromatic carbocycles. The van der Waals surface area contributed by atoms with Crippen LogP contribution in [0.15, 0.2) is 36.4 Å². The molecule has 1 aliphatic heterocycles. The van der Waals surface area contributed by atoms with E-state index in [1.807, 2.05) is 4.90 Å². The van der Waals surface area contributed by atoms with Crippen molar-refractivity contribution in [3.8, 4) is 0 Å². The summed E-state index contributed by atoms with van der Waals surface area (Å²) in [5.74, 6) is -0.386. The molecule has 1 aromatic heterocycles. The molecule has 1 aliphatic rings. The molecule has 0 spiro atoms. The van der Waals surface area contributed by atoms with E-state index in [1.54, 1.807) is 35.6 Å². The van der Waals surface area contributed by atoms with Gasteiger partial charge >= 0.3 is 12.0 Å². The Morgan fingerprint density at radius 1 is 1.12 bits per heavy atom. The molecule has 2 heterocycles. The average molecular weight is 372 g/mol. The van der Waals surface area contributed by atoms with Crippen LogP contribution in [0.5, 0.6) is 0 Å². The van der Waals surface area contributed by atoms with Crippen LogP contribution in [0.1, 0.15) is 51.8 Å². The predicted molar refractivity (Wildman–Crippen MR) is 104 cm³/mol. The van der Waals surface area contributed by atoms with Crippen LogP contribution in [-0.4, -0.2) is 30.6 Å². The Labute approximate surface area is 158 Å². The molecule has 5 nitrogen and oxygen atoms in total. The number of hydrogen-bond acceptors (Lipinski definition) is 4. The van der Waals surface area contributed by atoms with E-state index >= 15 is 0 Å². The summed E-state index contributed by atoms with van der Waals surface area (Å²) in [6.07, 6.45) is 4.31. The van der Waals surface area contributed by atoms with Gasteiger partial charge in [0.2, 0.25) is 0 Å². The fourth-order valence-corrected chi connectivity index (χ4v) is 4.31. The van der Waals surface area contributed by atoms with E-state index < -0.39 is 0 Å². The number of ether oxygens (including phenoxy) is 1. The molecule has 1 atom stereocenters. The molecule has 1 N–H and O–H groups in total. The van der Waals surface area contributed by atoms with Gasteiger partial charge in [-0.15, -0.1) is 11.3 Å². The van der Waals surface area contributed by atoms with E-state index in [2.05, 4.69) is 24.4 Å². The van der Waals surface area contributed by atoms with Gasteiger partial charge in [0, 0.05) is 22.0 Å². The summed E-state index contributed by atoms with van der Waals surface area (Å²) in [7, 11) is 1.35. The van der Waals surface area contributed by atoms with Gasteiger partial charge in [0.05, 0.1) is 18.7 Å². The number of likely N-dealkylation sites (tertiary alicyclic amines) is 1. The number of urea groups is 1. The van der Waals surface area contributed by atoms with Crippen molar-refractivity contribution in [2.45, 2.75) is 38.6 Å². The average Bonchev–Trinajstić information content (AvgIpc) is 2.93. The Balaban J connectivity index is 1.74. The fraction of sp³-hybridized carbons (Fsp3) is 0.400. The number of carbonyl (C=O) groups is 2. The first kappa shape index (κ1) is 18.5. The molecule has 138 valence electrons. The Morgan fingerprint density at radius 2 is 1.88 bits per heavy atom. The van der Waals surface area contributed by atoms with Crippen LogP contribution in [0.4, 0.5) is 10.5 Å². The number of hydrogen-bond donors (Lipinski definition) is 1. The minimum atomic E-state index is -0.386. The fourth-order valence-electron chi connectivity index (χ4n) is 3.28. The zero-order valence-electron chi connectivity index (χ0n) is 15.2. The van der Waals surface area contributed by atoms with Gasteiger partial charge < -0.3 is 15.0 Å². The Hall–Kier alpha value is -2.34. The summed E-state index contributed by atoms with van der Waals surface area (Å²) in [6.45, 7) is 2.85. The van der Waals surface area contributed by atoms with Gasteiger partial charge in [0.25, 0.3) is 0 Å². The number of carbonyl (C=O) groups excluding carboxylic acids is 2. The highest BCUT2D eigenvalue weighted by atomic mass is 32.1. The van der Waals surface area contributed by atoms with Gasteiger partial charge in [-0.2, -0.15) is 0 Å². The highest BCUT2D eigenvalue weighted by molar-refractivity contribution is 7.12. The minimum absolute atomic E-state index is 0.0891. The number of amides is 2. The molecule has 1 fully saturated rings. The number of thiophene rings is 1. The van der Waals surface area contributed by atoms with Crippen LogP contribution >= 0.6 is 11.3 Å². The third-order valence-electron chi connectivity index (χ3n) is 4.66. The highest BCUT2D eigenvalue weighted by Crippen LogP contribution is 2.34. The van der Waals surface area contributed by atoms with E-state index in [9.17, 15) is 9.59 Å². The van der Waals surface area contributed by atoms with Crippen LogP contribution < -0.4 is 5.32 Å². The van der Waals surface area contributed by atoms with Crippen LogP contribution in [0.2, 0.25) is 0 Å². The number of nitrogens with one attached hydrogen (secondary N) is 1. The molecule has 0 aliphatic carbocycles. The Bertz CT molecular complexity index is 770. The summed E-state index contributed by atoms with van der Waals surface area (Å²) in [6, 6.07) is 11.1. The lowest BCUT2D eigenvalue weighted by Gasteiger charge is -2.29. The molecule has 6 heteroatoms. The number of benzene rings is 1. The third kappa shape index (κ3) is 4.25. The lowest BCUT2D eigenvalue weighted by atomic mass is 10.1. The molecule has 1 saturated heterocycles. The van der Waals surface area contributed by atoms with E-state index in [-0.39, 0.29) is 18.0 Å². The largest absolute Gasteiger partial charge is 0.465 e. The smallest absolute Gasteiger partial charge is 0.337 e. The topological polar surface area (TPSA) is 58.6 Å². The molecule has 26 heavy (non-hydrogen) atoms. The maximum atomic E-state index is 12.9. The van der Waals surface area contributed by atoms with Crippen molar-refractivity contribution in [3.63, 3.8) is 0 Å². The van der Waals surface area contributed by atoms with Crippen molar-refractivity contribution < 1.29 is 14.3 Å². The molecule has 0 bridgehead atoms. The first-order chi connectivity index (χ1) is 12.6.